The van der Waals surface area contributed by atoms with Gasteiger partial charge >= 0.3 is 6.98 Å². The Morgan fingerprint density at radius 1 is 1.09 bits per heavy atom. The molecule has 1 fully saturated rings. The average Bonchev–Trinajstić information content (AvgIpc) is 1.86. The Bertz CT molecular complexity index is 132. The molecule has 0 amide bonds. The second-order valence-corrected chi connectivity index (χ2v) is 3.55. The summed E-state index contributed by atoms with van der Waals surface area (Å²) in [5.41, 5.74) is 0. The van der Waals surface area contributed by atoms with E-state index in [-0.39, 0.29) is 5.92 Å². The van der Waals surface area contributed by atoms with Crippen molar-refractivity contribution in [2.24, 2.45) is 5.92 Å². The lowest BCUT2D eigenvalue weighted by Gasteiger charge is -2.35. The van der Waals surface area contributed by atoms with Gasteiger partial charge in [0.2, 0.25) is 0 Å². The Kier molecular flexibility index (Phi) is 2.50. The number of hydrogen-bond donors (Lipinski definition) is 0. The fourth-order valence-corrected chi connectivity index (χ4v) is 1.91. The fraction of sp³-hybridized carbons (Fsp3) is 1.00. The molecule has 1 aliphatic carbocycles. The van der Waals surface area contributed by atoms with Crippen molar-refractivity contribution in [3.63, 3.8) is 0 Å². The van der Waals surface area contributed by atoms with Crippen molar-refractivity contribution in [2.45, 2.75) is 38.4 Å². The molecule has 0 saturated heterocycles. The second kappa shape index (κ2) is 3.07. The van der Waals surface area contributed by atoms with Gasteiger partial charge < -0.3 is 12.9 Å². The molecule has 0 unspecified atom stereocenters. The molecule has 0 nitrogen and oxygen atoms in total. The minimum absolute atomic E-state index is 0.135. The molecule has 1 aliphatic rings. The van der Waals surface area contributed by atoms with E-state index in [0.717, 1.165) is 19.3 Å². The Balaban J connectivity index is 2.55. The molecule has 0 aromatic rings. The number of rotatable bonds is 1. The minimum atomic E-state index is -4.57. The highest BCUT2D eigenvalue weighted by Crippen LogP contribution is 2.42. The van der Waals surface area contributed by atoms with Crippen LogP contribution in [0.3, 0.4) is 0 Å². The smallest absolute Gasteiger partial charge is 0.449 e. The molecule has 0 radical (unpaired) electrons. The quantitative estimate of drug-likeness (QED) is 0.522. The number of halogens is 3. The van der Waals surface area contributed by atoms with Gasteiger partial charge in [-0.25, -0.2) is 0 Å². The van der Waals surface area contributed by atoms with E-state index in [4.69, 9.17) is 0 Å². The summed E-state index contributed by atoms with van der Waals surface area (Å²) >= 11 is 0. The van der Waals surface area contributed by atoms with E-state index in [2.05, 4.69) is 0 Å². The molecular weight excluding hydrogens is 152 g/mol. The monoisotopic (exact) mass is 165 g/mol. The third-order valence-electron chi connectivity index (χ3n) is 2.66. The first-order valence-corrected chi connectivity index (χ1v) is 4.22. The highest BCUT2D eigenvalue weighted by molar-refractivity contribution is 6.60. The van der Waals surface area contributed by atoms with Gasteiger partial charge in [0.25, 0.3) is 0 Å². The van der Waals surface area contributed by atoms with E-state index >= 15 is 0 Å². The van der Waals surface area contributed by atoms with Gasteiger partial charge in [-0.05, 0) is 0 Å². The van der Waals surface area contributed by atoms with Crippen molar-refractivity contribution in [1.82, 2.24) is 0 Å². The molecule has 1 rings (SSSR count). The van der Waals surface area contributed by atoms with E-state index in [0.29, 0.717) is 6.42 Å². The lowest BCUT2D eigenvalue weighted by molar-refractivity contribution is 0.308. The molecule has 0 N–H and O–H groups in total. The van der Waals surface area contributed by atoms with Crippen molar-refractivity contribution < 1.29 is 12.9 Å². The molecule has 0 bridgehead atoms. The van der Waals surface area contributed by atoms with Gasteiger partial charge in [0, 0.05) is 0 Å². The van der Waals surface area contributed by atoms with E-state index in [1.807, 2.05) is 0 Å². The summed E-state index contributed by atoms with van der Waals surface area (Å²) in [6.07, 6.45) is 2.86. The van der Waals surface area contributed by atoms with Crippen molar-refractivity contribution in [1.29, 1.82) is 0 Å². The van der Waals surface area contributed by atoms with Gasteiger partial charge in [-0.1, -0.05) is 44.3 Å². The van der Waals surface area contributed by atoms with Crippen LogP contribution in [0.1, 0.15) is 32.6 Å². The van der Waals surface area contributed by atoms with Crippen LogP contribution in [0.5, 0.6) is 0 Å². The van der Waals surface area contributed by atoms with Crippen LogP contribution in [0.2, 0.25) is 5.82 Å². The van der Waals surface area contributed by atoms with Gasteiger partial charge in [0.15, 0.2) is 0 Å². The van der Waals surface area contributed by atoms with E-state index < -0.39 is 12.8 Å². The SMILES string of the molecule is C[C@H]1CCCC[C@@H]1[B-](F)(F)F. The molecule has 2 atom stereocenters. The summed E-state index contributed by atoms with van der Waals surface area (Å²) in [7, 11) is 0. The maximum atomic E-state index is 12.3. The number of hydrogen-bond acceptors (Lipinski definition) is 0. The first-order chi connectivity index (χ1) is 5.02. The molecule has 11 heavy (non-hydrogen) atoms. The molecule has 1 saturated carbocycles. The first-order valence-electron chi connectivity index (χ1n) is 4.22. The molecule has 0 aromatic heterocycles. The van der Waals surface area contributed by atoms with Crippen molar-refractivity contribution in [3.8, 4) is 0 Å². The zero-order chi connectivity index (χ0) is 8.48. The zero-order valence-electron chi connectivity index (χ0n) is 6.69. The third-order valence-corrected chi connectivity index (χ3v) is 2.66. The molecule has 66 valence electrons. The Labute approximate surface area is 65.2 Å². The van der Waals surface area contributed by atoms with E-state index in [1.165, 1.54) is 0 Å². The third kappa shape index (κ3) is 2.14. The highest BCUT2D eigenvalue weighted by atomic mass is 19.4. The van der Waals surface area contributed by atoms with Gasteiger partial charge in [0.1, 0.15) is 0 Å². The van der Waals surface area contributed by atoms with Gasteiger partial charge in [-0.15, -0.1) is 0 Å². The molecule has 0 heterocycles. The van der Waals surface area contributed by atoms with Crippen molar-refractivity contribution >= 4 is 6.98 Å². The van der Waals surface area contributed by atoms with Crippen LogP contribution in [0.25, 0.3) is 0 Å². The molecule has 0 aromatic carbocycles. The van der Waals surface area contributed by atoms with Crippen molar-refractivity contribution in [2.75, 3.05) is 0 Å². The first kappa shape index (κ1) is 8.95. The maximum absolute atomic E-state index is 12.3. The van der Waals surface area contributed by atoms with Gasteiger partial charge in [-0.3, -0.25) is 0 Å². The normalized spacial score (nSPS) is 33.8. The van der Waals surface area contributed by atoms with Crippen LogP contribution < -0.4 is 0 Å². The Morgan fingerprint density at radius 3 is 2.00 bits per heavy atom. The van der Waals surface area contributed by atoms with Crippen LogP contribution in [-0.4, -0.2) is 6.98 Å². The molecular formula is C7H13BF3-. The summed E-state index contributed by atoms with van der Waals surface area (Å²) in [6, 6.07) is 0. The molecule has 0 spiro atoms. The Hall–Kier alpha value is -0.145. The predicted octanol–water partition coefficient (Wildman–Crippen LogP) is 3.41. The lowest BCUT2D eigenvalue weighted by atomic mass is 9.60. The van der Waals surface area contributed by atoms with E-state index in [9.17, 15) is 12.9 Å². The molecule has 0 aliphatic heterocycles. The van der Waals surface area contributed by atoms with Gasteiger partial charge in [0.05, 0.1) is 0 Å². The fourth-order valence-electron chi connectivity index (χ4n) is 1.91. The van der Waals surface area contributed by atoms with Crippen LogP contribution in [0, 0.1) is 5.92 Å². The standard InChI is InChI=1S/C7H13BF3/c1-6-4-2-3-5-7(6)8(9,10)11/h6-7H,2-5H2,1H3/q-1/t6-,7-/m0/s1. The summed E-state index contributed by atoms with van der Waals surface area (Å²) in [5.74, 6) is -1.10. The zero-order valence-corrected chi connectivity index (χ0v) is 6.69. The Morgan fingerprint density at radius 2 is 1.64 bits per heavy atom. The van der Waals surface area contributed by atoms with Gasteiger partial charge in [-0.2, -0.15) is 0 Å². The van der Waals surface area contributed by atoms with Crippen molar-refractivity contribution in [3.05, 3.63) is 0 Å². The van der Waals surface area contributed by atoms with Crippen LogP contribution >= 0.6 is 0 Å². The van der Waals surface area contributed by atoms with E-state index in [1.54, 1.807) is 6.92 Å². The van der Waals surface area contributed by atoms with Crippen LogP contribution in [-0.2, 0) is 0 Å². The second-order valence-electron chi connectivity index (χ2n) is 3.55. The summed E-state index contributed by atoms with van der Waals surface area (Å²) in [5, 5.41) is 0. The summed E-state index contributed by atoms with van der Waals surface area (Å²) in [4.78, 5) is 0. The largest absolute Gasteiger partial charge is 0.481 e. The maximum Gasteiger partial charge on any atom is 0.481 e. The molecule has 4 heteroatoms. The average molecular weight is 165 g/mol. The topological polar surface area (TPSA) is 0 Å². The lowest BCUT2D eigenvalue weighted by Crippen LogP contribution is -2.31. The van der Waals surface area contributed by atoms with Crippen LogP contribution in [0.4, 0.5) is 12.9 Å². The summed E-state index contributed by atoms with van der Waals surface area (Å²) in [6.45, 7) is -2.85. The van der Waals surface area contributed by atoms with Crippen LogP contribution in [0.15, 0.2) is 0 Å². The summed E-state index contributed by atoms with van der Waals surface area (Å²) < 4.78 is 36.8. The minimum Gasteiger partial charge on any atom is -0.449 e. The predicted molar refractivity (Wildman–Crippen MR) is 40.5 cm³/mol. The highest BCUT2D eigenvalue weighted by Gasteiger charge is 2.38.